The van der Waals surface area contributed by atoms with Crippen LogP contribution in [-0.4, -0.2) is 47.5 Å². The summed E-state index contributed by atoms with van der Waals surface area (Å²) in [6.07, 6.45) is 0.428. The number of benzene rings is 2. The van der Waals surface area contributed by atoms with E-state index in [0.29, 0.717) is 29.2 Å². The summed E-state index contributed by atoms with van der Waals surface area (Å²) in [5.74, 6) is 0.465. The lowest BCUT2D eigenvalue weighted by Gasteiger charge is -2.35. The largest absolute Gasteiger partial charge is 0.493 e. The SMILES string of the molecule is CCC(C)(C)NC(=O)C(c1cccc(OC)c1OC)N(Cc1ccccc1)C(=O)CCC(=O)Nc1cc(C)on1. The van der Waals surface area contributed by atoms with Gasteiger partial charge in [-0.05, 0) is 38.8 Å². The zero-order valence-electron chi connectivity index (χ0n) is 23.9. The summed E-state index contributed by atoms with van der Waals surface area (Å²) in [5, 5.41) is 9.48. The van der Waals surface area contributed by atoms with Gasteiger partial charge >= 0.3 is 0 Å². The average Bonchev–Trinajstić information content (AvgIpc) is 3.35. The number of carbonyl (C=O) groups excluding carboxylic acids is 3. The molecule has 1 atom stereocenters. The van der Waals surface area contributed by atoms with E-state index in [9.17, 15) is 14.4 Å². The number of aromatic nitrogens is 1. The predicted octanol–water partition coefficient (Wildman–Crippen LogP) is 4.79. The van der Waals surface area contributed by atoms with Crippen LogP contribution in [0.3, 0.4) is 0 Å². The second-order valence-electron chi connectivity index (χ2n) is 10.1. The van der Waals surface area contributed by atoms with E-state index >= 15 is 0 Å². The van der Waals surface area contributed by atoms with Crippen molar-refractivity contribution in [3.8, 4) is 11.5 Å². The molecule has 0 aliphatic heterocycles. The van der Waals surface area contributed by atoms with Crippen molar-refractivity contribution in [1.29, 1.82) is 0 Å². The highest BCUT2D eigenvalue weighted by Crippen LogP contribution is 2.38. The van der Waals surface area contributed by atoms with Gasteiger partial charge in [0.1, 0.15) is 11.8 Å². The monoisotopic (exact) mass is 550 g/mol. The number of nitrogens with one attached hydrogen (secondary N) is 2. The van der Waals surface area contributed by atoms with E-state index in [1.165, 1.54) is 19.1 Å². The molecule has 2 aromatic carbocycles. The van der Waals surface area contributed by atoms with Gasteiger partial charge in [-0.25, -0.2) is 0 Å². The van der Waals surface area contributed by atoms with E-state index in [-0.39, 0.29) is 37.0 Å². The highest BCUT2D eigenvalue weighted by molar-refractivity contribution is 5.94. The van der Waals surface area contributed by atoms with Crippen LogP contribution in [0, 0.1) is 6.92 Å². The molecule has 3 rings (SSSR count). The van der Waals surface area contributed by atoms with Crippen LogP contribution in [0.5, 0.6) is 11.5 Å². The molecule has 0 saturated heterocycles. The van der Waals surface area contributed by atoms with Crippen molar-refractivity contribution in [2.75, 3.05) is 19.5 Å². The first-order valence-electron chi connectivity index (χ1n) is 13.2. The van der Waals surface area contributed by atoms with E-state index in [0.717, 1.165) is 5.56 Å². The van der Waals surface area contributed by atoms with Gasteiger partial charge in [-0.15, -0.1) is 0 Å². The number of amides is 3. The number of ether oxygens (including phenoxy) is 2. The van der Waals surface area contributed by atoms with Crippen LogP contribution < -0.4 is 20.1 Å². The average molecular weight is 551 g/mol. The van der Waals surface area contributed by atoms with Crippen molar-refractivity contribution in [2.24, 2.45) is 0 Å². The third kappa shape index (κ3) is 7.84. The molecule has 10 nitrogen and oxygen atoms in total. The molecule has 0 bridgehead atoms. The molecule has 0 saturated carbocycles. The Morgan fingerprint density at radius 1 is 1.02 bits per heavy atom. The molecule has 0 fully saturated rings. The molecule has 0 spiro atoms. The van der Waals surface area contributed by atoms with E-state index in [1.54, 1.807) is 31.2 Å². The highest BCUT2D eigenvalue weighted by Gasteiger charge is 2.36. The van der Waals surface area contributed by atoms with E-state index in [1.807, 2.05) is 51.1 Å². The van der Waals surface area contributed by atoms with E-state index in [4.69, 9.17) is 14.0 Å². The lowest BCUT2D eigenvalue weighted by Crippen LogP contribution is -2.50. The van der Waals surface area contributed by atoms with Crippen molar-refractivity contribution in [3.63, 3.8) is 0 Å². The number of hydrogen-bond acceptors (Lipinski definition) is 7. The fraction of sp³-hybridized carbons (Fsp3) is 0.400. The smallest absolute Gasteiger partial charge is 0.248 e. The molecule has 1 aromatic heterocycles. The Morgan fingerprint density at radius 3 is 2.35 bits per heavy atom. The van der Waals surface area contributed by atoms with Gasteiger partial charge in [0.2, 0.25) is 17.7 Å². The van der Waals surface area contributed by atoms with Gasteiger partial charge in [0.05, 0.1) is 14.2 Å². The minimum atomic E-state index is -1.06. The minimum absolute atomic E-state index is 0.111. The first-order valence-corrected chi connectivity index (χ1v) is 13.2. The Morgan fingerprint density at radius 2 is 1.75 bits per heavy atom. The zero-order valence-corrected chi connectivity index (χ0v) is 23.9. The van der Waals surface area contributed by atoms with Gasteiger partial charge in [-0.1, -0.05) is 54.5 Å². The van der Waals surface area contributed by atoms with Gasteiger partial charge in [-0.2, -0.15) is 0 Å². The zero-order chi connectivity index (χ0) is 29.3. The molecular weight excluding hydrogens is 512 g/mol. The van der Waals surface area contributed by atoms with Gasteiger partial charge in [0, 0.05) is 36.6 Å². The molecule has 2 N–H and O–H groups in total. The number of para-hydroxylation sites is 1. The maximum Gasteiger partial charge on any atom is 0.248 e. The fourth-order valence-corrected chi connectivity index (χ4v) is 4.17. The van der Waals surface area contributed by atoms with Crippen molar-refractivity contribution < 1.29 is 28.4 Å². The summed E-state index contributed by atoms with van der Waals surface area (Å²) in [4.78, 5) is 42.0. The molecule has 40 heavy (non-hydrogen) atoms. The second kappa shape index (κ2) is 13.6. The maximum absolute atomic E-state index is 14.0. The van der Waals surface area contributed by atoms with Crippen LogP contribution in [0.15, 0.2) is 59.1 Å². The Bertz CT molecular complexity index is 1300. The maximum atomic E-state index is 14.0. The molecule has 0 aliphatic rings. The topological polar surface area (TPSA) is 123 Å². The lowest BCUT2D eigenvalue weighted by molar-refractivity contribution is -0.143. The van der Waals surface area contributed by atoms with Crippen LogP contribution in [0.25, 0.3) is 0 Å². The summed E-state index contributed by atoms with van der Waals surface area (Å²) in [5.41, 5.74) is 0.768. The first-order chi connectivity index (χ1) is 19.1. The summed E-state index contributed by atoms with van der Waals surface area (Å²) < 4.78 is 16.2. The number of aryl methyl sites for hydroxylation is 1. The number of rotatable bonds is 13. The van der Waals surface area contributed by atoms with Crippen LogP contribution in [0.1, 0.15) is 63.0 Å². The van der Waals surface area contributed by atoms with Gasteiger partial charge in [0.25, 0.3) is 0 Å². The third-order valence-electron chi connectivity index (χ3n) is 6.61. The number of carbonyl (C=O) groups is 3. The predicted molar refractivity (Wildman–Crippen MR) is 151 cm³/mol. The van der Waals surface area contributed by atoms with E-state index in [2.05, 4.69) is 15.8 Å². The first kappa shape index (κ1) is 30.2. The van der Waals surface area contributed by atoms with Crippen molar-refractivity contribution in [3.05, 3.63) is 71.5 Å². The Labute approximate surface area is 235 Å². The summed E-state index contributed by atoms with van der Waals surface area (Å²) in [6.45, 7) is 7.66. The highest BCUT2D eigenvalue weighted by atomic mass is 16.5. The van der Waals surface area contributed by atoms with Gasteiger partial charge < -0.3 is 29.5 Å². The van der Waals surface area contributed by atoms with Crippen LogP contribution in [0.2, 0.25) is 0 Å². The standard InChI is InChI=1S/C30H38N4O6/c1-7-30(3,4)32-29(37)27(22-14-11-15-23(38-5)28(22)39-6)34(19-21-12-9-8-10-13-21)26(36)17-16-25(35)31-24-18-20(2)40-33-24/h8-15,18,27H,7,16-17,19H2,1-6H3,(H,32,37)(H,31,33,35). The Balaban J connectivity index is 2.01. The van der Waals surface area contributed by atoms with E-state index < -0.39 is 17.5 Å². The summed E-state index contributed by atoms with van der Waals surface area (Å²) in [6, 6.07) is 15.1. The molecule has 0 radical (unpaired) electrons. The number of nitrogens with zero attached hydrogens (tertiary/aromatic N) is 2. The Kier molecular flexibility index (Phi) is 10.3. The quantitative estimate of drug-likeness (QED) is 0.314. The van der Waals surface area contributed by atoms with Crippen LogP contribution >= 0.6 is 0 Å². The van der Waals surface area contributed by atoms with Crippen LogP contribution in [-0.2, 0) is 20.9 Å². The fourth-order valence-electron chi connectivity index (χ4n) is 4.17. The normalized spacial score (nSPS) is 11.8. The number of methoxy groups -OCH3 is 2. The Hall–Kier alpha value is -4.34. The number of anilines is 1. The summed E-state index contributed by atoms with van der Waals surface area (Å²) >= 11 is 0. The van der Waals surface area contributed by atoms with Crippen molar-refractivity contribution >= 4 is 23.5 Å². The second-order valence-corrected chi connectivity index (χ2v) is 10.1. The van der Waals surface area contributed by atoms with Crippen molar-refractivity contribution in [2.45, 2.75) is 65.1 Å². The molecule has 0 aliphatic carbocycles. The molecule has 3 aromatic rings. The molecule has 1 unspecified atom stereocenters. The molecule has 10 heteroatoms. The molecule has 3 amide bonds. The van der Waals surface area contributed by atoms with Gasteiger partial charge in [0.15, 0.2) is 17.3 Å². The summed E-state index contributed by atoms with van der Waals surface area (Å²) in [7, 11) is 3.00. The van der Waals surface area contributed by atoms with Gasteiger partial charge in [-0.3, -0.25) is 14.4 Å². The van der Waals surface area contributed by atoms with Crippen LogP contribution in [0.4, 0.5) is 5.82 Å². The molecular formula is C30H38N4O6. The lowest BCUT2D eigenvalue weighted by atomic mass is 9.97. The van der Waals surface area contributed by atoms with Crippen molar-refractivity contribution in [1.82, 2.24) is 15.4 Å². The molecule has 214 valence electrons. The third-order valence-corrected chi connectivity index (χ3v) is 6.61. The number of hydrogen-bond donors (Lipinski definition) is 2. The minimum Gasteiger partial charge on any atom is -0.493 e. The molecule has 1 heterocycles.